The van der Waals surface area contributed by atoms with Crippen LogP contribution in [0, 0.1) is 11.3 Å². The Morgan fingerprint density at radius 3 is 2.60 bits per heavy atom. The maximum absolute atomic E-state index is 5.21. The number of guanidine groups is 1. The summed E-state index contributed by atoms with van der Waals surface area (Å²) in [4.78, 5) is 4.20. The number of ether oxygens (including phenoxy) is 1. The Hall–Kier alpha value is -0.770. The molecule has 0 aromatic heterocycles. The number of aliphatic imine (C=N–C) groups is 1. The maximum atomic E-state index is 5.21. The third-order valence-electron chi connectivity index (χ3n) is 3.06. The van der Waals surface area contributed by atoms with Gasteiger partial charge in [-0.3, -0.25) is 4.99 Å². The van der Waals surface area contributed by atoms with Gasteiger partial charge in [0.2, 0.25) is 0 Å². The summed E-state index contributed by atoms with van der Waals surface area (Å²) in [5.74, 6) is 1.81. The molecule has 0 spiro atoms. The van der Waals surface area contributed by atoms with Gasteiger partial charge in [0.1, 0.15) is 0 Å². The zero-order chi connectivity index (χ0) is 10.7. The quantitative estimate of drug-likeness (QED) is 0.529. The van der Waals surface area contributed by atoms with E-state index >= 15 is 0 Å². The highest BCUT2D eigenvalue weighted by Gasteiger charge is 2.33. The summed E-state index contributed by atoms with van der Waals surface area (Å²) >= 11 is 0. The van der Waals surface area contributed by atoms with Crippen LogP contribution in [0.1, 0.15) is 19.8 Å². The summed E-state index contributed by atoms with van der Waals surface area (Å²) in [5.41, 5.74) is 0.303. The van der Waals surface area contributed by atoms with E-state index in [0.717, 1.165) is 38.2 Å². The SMILES string of the molecule is CN=C(NCC1CC1)NCC1(C)COC1. The predicted octanol–water partition coefficient (Wildman–Crippen LogP) is 0.598. The van der Waals surface area contributed by atoms with Gasteiger partial charge < -0.3 is 15.4 Å². The summed E-state index contributed by atoms with van der Waals surface area (Å²) < 4.78 is 5.21. The fourth-order valence-electron chi connectivity index (χ4n) is 1.63. The van der Waals surface area contributed by atoms with Crippen molar-refractivity contribution in [3.63, 3.8) is 0 Å². The van der Waals surface area contributed by atoms with Crippen LogP contribution in [0.2, 0.25) is 0 Å². The minimum Gasteiger partial charge on any atom is -0.380 e. The molecule has 1 aliphatic carbocycles. The molecule has 1 aliphatic heterocycles. The Kier molecular flexibility index (Phi) is 3.14. The summed E-state index contributed by atoms with van der Waals surface area (Å²) in [6.07, 6.45) is 2.74. The van der Waals surface area contributed by atoms with Gasteiger partial charge in [0, 0.05) is 25.6 Å². The minimum absolute atomic E-state index is 0.303. The molecule has 1 saturated carbocycles. The summed E-state index contributed by atoms with van der Waals surface area (Å²) in [6, 6.07) is 0. The van der Waals surface area contributed by atoms with Crippen LogP contribution in [0.3, 0.4) is 0 Å². The first-order valence-electron chi connectivity index (χ1n) is 5.74. The third-order valence-corrected chi connectivity index (χ3v) is 3.06. The molecular formula is C11H21N3O. The van der Waals surface area contributed by atoms with Gasteiger partial charge in [-0.25, -0.2) is 0 Å². The molecule has 0 aromatic rings. The van der Waals surface area contributed by atoms with Crippen LogP contribution < -0.4 is 10.6 Å². The summed E-state index contributed by atoms with van der Waals surface area (Å²) in [7, 11) is 1.82. The van der Waals surface area contributed by atoms with E-state index in [1.807, 2.05) is 7.05 Å². The van der Waals surface area contributed by atoms with Crippen LogP contribution in [0.5, 0.6) is 0 Å². The number of rotatable bonds is 4. The van der Waals surface area contributed by atoms with Crippen LogP contribution in [-0.2, 0) is 4.74 Å². The van der Waals surface area contributed by atoms with Crippen LogP contribution in [0.15, 0.2) is 4.99 Å². The normalized spacial score (nSPS) is 24.5. The molecule has 0 aromatic carbocycles. The average molecular weight is 211 g/mol. The molecule has 1 heterocycles. The average Bonchev–Trinajstić information content (AvgIpc) is 2.99. The van der Waals surface area contributed by atoms with Crippen molar-refractivity contribution in [3.8, 4) is 0 Å². The highest BCUT2D eigenvalue weighted by Crippen LogP contribution is 2.27. The molecule has 2 fully saturated rings. The second-order valence-electron chi connectivity index (χ2n) is 5.05. The lowest BCUT2D eigenvalue weighted by Gasteiger charge is -2.38. The first kappa shape index (κ1) is 10.7. The Labute approximate surface area is 91.5 Å². The minimum atomic E-state index is 0.303. The Morgan fingerprint density at radius 2 is 2.13 bits per heavy atom. The number of hydrogen-bond acceptors (Lipinski definition) is 2. The van der Waals surface area contributed by atoms with Crippen molar-refractivity contribution in [1.29, 1.82) is 0 Å². The fraction of sp³-hybridized carbons (Fsp3) is 0.909. The van der Waals surface area contributed by atoms with E-state index in [-0.39, 0.29) is 0 Å². The number of nitrogens with one attached hydrogen (secondary N) is 2. The van der Waals surface area contributed by atoms with E-state index in [1.54, 1.807) is 0 Å². The van der Waals surface area contributed by atoms with Gasteiger partial charge in [0.25, 0.3) is 0 Å². The van der Waals surface area contributed by atoms with E-state index < -0.39 is 0 Å². The molecule has 0 atom stereocenters. The Balaban J connectivity index is 1.65. The van der Waals surface area contributed by atoms with Crippen molar-refractivity contribution in [2.45, 2.75) is 19.8 Å². The van der Waals surface area contributed by atoms with Crippen molar-refractivity contribution in [3.05, 3.63) is 0 Å². The molecule has 86 valence electrons. The topological polar surface area (TPSA) is 45.7 Å². The molecule has 4 nitrogen and oxygen atoms in total. The monoisotopic (exact) mass is 211 g/mol. The number of nitrogens with zero attached hydrogens (tertiary/aromatic N) is 1. The molecule has 0 bridgehead atoms. The van der Waals surface area contributed by atoms with E-state index in [4.69, 9.17) is 4.74 Å². The van der Waals surface area contributed by atoms with Gasteiger partial charge in [-0.1, -0.05) is 6.92 Å². The van der Waals surface area contributed by atoms with Gasteiger partial charge in [0.05, 0.1) is 13.2 Å². The largest absolute Gasteiger partial charge is 0.380 e. The Bertz CT molecular complexity index is 244. The van der Waals surface area contributed by atoms with Crippen LogP contribution in [0.4, 0.5) is 0 Å². The lowest BCUT2D eigenvalue weighted by atomic mass is 9.89. The fourth-order valence-corrected chi connectivity index (χ4v) is 1.63. The van der Waals surface area contributed by atoms with Gasteiger partial charge in [0.15, 0.2) is 5.96 Å². The van der Waals surface area contributed by atoms with Crippen LogP contribution >= 0.6 is 0 Å². The predicted molar refractivity (Wildman–Crippen MR) is 61.0 cm³/mol. The third kappa shape index (κ3) is 3.09. The molecule has 0 unspecified atom stereocenters. The van der Waals surface area contributed by atoms with E-state index in [1.165, 1.54) is 12.8 Å². The molecule has 2 rings (SSSR count). The Morgan fingerprint density at radius 1 is 1.40 bits per heavy atom. The van der Waals surface area contributed by atoms with Gasteiger partial charge >= 0.3 is 0 Å². The molecular weight excluding hydrogens is 190 g/mol. The smallest absolute Gasteiger partial charge is 0.191 e. The molecule has 2 N–H and O–H groups in total. The molecule has 2 aliphatic rings. The lowest BCUT2D eigenvalue weighted by molar-refractivity contribution is -0.0971. The van der Waals surface area contributed by atoms with Crippen molar-refractivity contribution >= 4 is 5.96 Å². The standard InChI is InChI=1S/C11H21N3O/c1-11(7-15-8-11)6-14-10(12-2)13-5-9-3-4-9/h9H,3-8H2,1-2H3,(H2,12,13,14). The van der Waals surface area contributed by atoms with E-state index in [0.29, 0.717) is 5.41 Å². The van der Waals surface area contributed by atoms with Crippen molar-refractivity contribution in [2.24, 2.45) is 16.3 Å². The first-order chi connectivity index (χ1) is 7.22. The van der Waals surface area contributed by atoms with Crippen molar-refractivity contribution < 1.29 is 4.74 Å². The second-order valence-corrected chi connectivity index (χ2v) is 5.05. The summed E-state index contributed by atoms with van der Waals surface area (Å²) in [5, 5.41) is 6.70. The molecule has 15 heavy (non-hydrogen) atoms. The molecule has 4 heteroatoms. The van der Waals surface area contributed by atoms with Gasteiger partial charge in [-0.2, -0.15) is 0 Å². The van der Waals surface area contributed by atoms with Gasteiger partial charge in [-0.15, -0.1) is 0 Å². The second kappa shape index (κ2) is 4.39. The van der Waals surface area contributed by atoms with Crippen molar-refractivity contribution in [2.75, 3.05) is 33.4 Å². The first-order valence-corrected chi connectivity index (χ1v) is 5.74. The van der Waals surface area contributed by atoms with Crippen LogP contribution in [0.25, 0.3) is 0 Å². The van der Waals surface area contributed by atoms with Crippen LogP contribution in [-0.4, -0.2) is 39.3 Å². The molecule has 1 saturated heterocycles. The molecule has 0 radical (unpaired) electrons. The highest BCUT2D eigenvalue weighted by atomic mass is 16.5. The van der Waals surface area contributed by atoms with E-state index in [2.05, 4.69) is 22.5 Å². The molecule has 0 amide bonds. The zero-order valence-electron chi connectivity index (χ0n) is 9.68. The van der Waals surface area contributed by atoms with Crippen molar-refractivity contribution in [1.82, 2.24) is 10.6 Å². The van der Waals surface area contributed by atoms with Gasteiger partial charge in [-0.05, 0) is 18.8 Å². The highest BCUT2D eigenvalue weighted by molar-refractivity contribution is 5.79. The maximum Gasteiger partial charge on any atom is 0.191 e. The summed E-state index contributed by atoms with van der Waals surface area (Å²) in [6.45, 7) is 5.96. The lowest BCUT2D eigenvalue weighted by Crippen LogP contribution is -2.51. The van der Waals surface area contributed by atoms with E-state index in [9.17, 15) is 0 Å². The number of hydrogen-bond donors (Lipinski definition) is 2. The zero-order valence-corrected chi connectivity index (χ0v) is 9.68.